The van der Waals surface area contributed by atoms with Crippen LogP contribution in [0.1, 0.15) is 6.92 Å². The van der Waals surface area contributed by atoms with Crippen molar-refractivity contribution in [3.8, 4) is 0 Å². The molecule has 0 fully saturated rings. The zero-order valence-corrected chi connectivity index (χ0v) is 9.89. The van der Waals surface area contributed by atoms with E-state index in [1.807, 2.05) is 18.2 Å². The summed E-state index contributed by atoms with van der Waals surface area (Å²) in [5.41, 5.74) is 6.74. The summed E-state index contributed by atoms with van der Waals surface area (Å²) in [6, 6.07) is 8.57. The van der Waals surface area contributed by atoms with E-state index in [-0.39, 0.29) is 0 Å². The number of nitrogens with two attached hydrogens (primary N) is 1. The number of benzene rings is 1. The average molecular weight is 222 g/mol. The molecule has 1 aromatic rings. The van der Waals surface area contributed by atoms with Gasteiger partial charge in [-0.25, -0.2) is 0 Å². The van der Waals surface area contributed by atoms with Crippen molar-refractivity contribution in [2.24, 2.45) is 5.73 Å². The molecule has 0 aliphatic rings. The molecule has 82 valence electrons. The zero-order valence-electron chi connectivity index (χ0n) is 9.07. The van der Waals surface area contributed by atoms with Crippen molar-refractivity contribution in [2.45, 2.75) is 17.9 Å². The molecule has 0 radical (unpaired) electrons. The van der Waals surface area contributed by atoms with Gasteiger partial charge in [0.05, 0.1) is 0 Å². The molecule has 0 saturated carbocycles. The lowest BCUT2D eigenvalue weighted by molar-refractivity contribution is 0.801. The van der Waals surface area contributed by atoms with Crippen LogP contribution in [0.15, 0.2) is 41.8 Å². The minimum atomic E-state index is 0.301. The molecule has 15 heavy (non-hydrogen) atoms. The molecule has 1 atom stereocenters. The van der Waals surface area contributed by atoms with Crippen molar-refractivity contribution < 1.29 is 0 Å². The second kappa shape index (κ2) is 6.53. The second-order valence-electron chi connectivity index (χ2n) is 3.38. The number of anilines is 1. The smallest absolute Gasteiger partial charge is 0.0480 e. The SMILES string of the molecule is C=CCSc1ccccc1NC(C)CN. The molecular weight excluding hydrogens is 204 g/mol. The molecule has 1 rings (SSSR count). The van der Waals surface area contributed by atoms with Crippen LogP contribution in [0, 0.1) is 0 Å². The van der Waals surface area contributed by atoms with Crippen LogP contribution in [-0.4, -0.2) is 18.3 Å². The lowest BCUT2D eigenvalue weighted by atomic mass is 10.2. The molecule has 0 bridgehead atoms. The van der Waals surface area contributed by atoms with Gasteiger partial charge in [0.25, 0.3) is 0 Å². The van der Waals surface area contributed by atoms with E-state index in [1.54, 1.807) is 11.8 Å². The Hall–Kier alpha value is -0.930. The van der Waals surface area contributed by atoms with E-state index in [0.717, 1.165) is 11.4 Å². The average Bonchev–Trinajstić information content (AvgIpc) is 2.28. The highest BCUT2D eigenvalue weighted by Gasteiger charge is 2.03. The first-order valence-electron chi connectivity index (χ1n) is 5.07. The van der Waals surface area contributed by atoms with Crippen LogP contribution in [0.3, 0.4) is 0 Å². The Balaban J connectivity index is 2.71. The number of para-hydroxylation sites is 1. The molecule has 1 unspecified atom stereocenters. The van der Waals surface area contributed by atoms with Gasteiger partial charge in [-0.05, 0) is 19.1 Å². The Morgan fingerprint density at radius 3 is 2.93 bits per heavy atom. The summed E-state index contributed by atoms with van der Waals surface area (Å²) in [5.74, 6) is 0.926. The Labute approximate surface area is 95.9 Å². The number of nitrogens with one attached hydrogen (secondary N) is 1. The quantitative estimate of drug-likeness (QED) is 0.574. The van der Waals surface area contributed by atoms with Gasteiger partial charge >= 0.3 is 0 Å². The van der Waals surface area contributed by atoms with Crippen LogP contribution in [-0.2, 0) is 0 Å². The van der Waals surface area contributed by atoms with Gasteiger partial charge in [0.15, 0.2) is 0 Å². The third kappa shape index (κ3) is 3.98. The number of rotatable bonds is 6. The van der Waals surface area contributed by atoms with E-state index in [0.29, 0.717) is 12.6 Å². The van der Waals surface area contributed by atoms with Crippen LogP contribution >= 0.6 is 11.8 Å². The van der Waals surface area contributed by atoms with Gasteiger partial charge in [0.2, 0.25) is 0 Å². The fourth-order valence-electron chi connectivity index (χ4n) is 1.18. The molecule has 0 heterocycles. The minimum absolute atomic E-state index is 0.301. The zero-order chi connectivity index (χ0) is 11.1. The van der Waals surface area contributed by atoms with Crippen molar-refractivity contribution in [2.75, 3.05) is 17.6 Å². The lowest BCUT2D eigenvalue weighted by Crippen LogP contribution is -2.25. The normalized spacial score (nSPS) is 12.1. The van der Waals surface area contributed by atoms with E-state index in [4.69, 9.17) is 5.73 Å². The van der Waals surface area contributed by atoms with Gasteiger partial charge in [-0.2, -0.15) is 0 Å². The largest absolute Gasteiger partial charge is 0.380 e. The summed E-state index contributed by atoms with van der Waals surface area (Å²) in [7, 11) is 0. The summed E-state index contributed by atoms with van der Waals surface area (Å²) < 4.78 is 0. The summed E-state index contributed by atoms with van der Waals surface area (Å²) in [6.07, 6.45) is 1.91. The molecule has 3 heteroatoms. The Morgan fingerprint density at radius 1 is 1.53 bits per heavy atom. The van der Waals surface area contributed by atoms with Crippen molar-refractivity contribution in [3.05, 3.63) is 36.9 Å². The van der Waals surface area contributed by atoms with Crippen molar-refractivity contribution in [1.29, 1.82) is 0 Å². The molecular formula is C12H18N2S. The van der Waals surface area contributed by atoms with E-state index in [2.05, 4.69) is 31.0 Å². The maximum absolute atomic E-state index is 5.58. The molecule has 0 aliphatic carbocycles. The first-order chi connectivity index (χ1) is 7.27. The molecule has 0 aromatic heterocycles. The molecule has 0 spiro atoms. The van der Waals surface area contributed by atoms with Crippen molar-refractivity contribution >= 4 is 17.4 Å². The van der Waals surface area contributed by atoms with Gasteiger partial charge in [-0.1, -0.05) is 18.2 Å². The number of thioether (sulfide) groups is 1. The number of hydrogen-bond acceptors (Lipinski definition) is 3. The number of hydrogen-bond donors (Lipinski definition) is 2. The molecule has 3 N–H and O–H groups in total. The maximum atomic E-state index is 5.58. The molecule has 0 saturated heterocycles. The summed E-state index contributed by atoms with van der Waals surface area (Å²) in [6.45, 7) is 6.44. The summed E-state index contributed by atoms with van der Waals surface area (Å²) >= 11 is 1.78. The highest BCUT2D eigenvalue weighted by molar-refractivity contribution is 7.99. The highest BCUT2D eigenvalue weighted by Crippen LogP contribution is 2.27. The second-order valence-corrected chi connectivity index (χ2v) is 4.44. The Morgan fingerprint density at radius 2 is 2.27 bits per heavy atom. The van der Waals surface area contributed by atoms with Gasteiger partial charge in [-0.3, -0.25) is 0 Å². The highest BCUT2D eigenvalue weighted by atomic mass is 32.2. The van der Waals surface area contributed by atoms with E-state index >= 15 is 0 Å². The predicted octanol–water partition coefficient (Wildman–Crippen LogP) is 2.72. The van der Waals surface area contributed by atoms with Gasteiger partial charge in [-0.15, -0.1) is 18.3 Å². The maximum Gasteiger partial charge on any atom is 0.0480 e. The van der Waals surface area contributed by atoms with Crippen LogP contribution in [0.25, 0.3) is 0 Å². The van der Waals surface area contributed by atoms with Crippen LogP contribution in [0.2, 0.25) is 0 Å². The minimum Gasteiger partial charge on any atom is -0.380 e. The van der Waals surface area contributed by atoms with Crippen molar-refractivity contribution in [3.63, 3.8) is 0 Å². The standard InChI is InChI=1S/C12H18N2S/c1-3-8-15-12-7-5-4-6-11(12)14-10(2)9-13/h3-7,10,14H,1,8-9,13H2,2H3. The molecule has 0 aliphatic heterocycles. The predicted molar refractivity (Wildman–Crippen MR) is 69.5 cm³/mol. The topological polar surface area (TPSA) is 38.0 Å². The van der Waals surface area contributed by atoms with Crippen LogP contribution in [0.4, 0.5) is 5.69 Å². The van der Waals surface area contributed by atoms with Crippen LogP contribution < -0.4 is 11.1 Å². The van der Waals surface area contributed by atoms with Crippen LogP contribution in [0.5, 0.6) is 0 Å². The van der Waals surface area contributed by atoms with E-state index < -0.39 is 0 Å². The Kier molecular flexibility index (Phi) is 5.29. The summed E-state index contributed by atoms with van der Waals surface area (Å²) in [4.78, 5) is 1.25. The van der Waals surface area contributed by atoms with Gasteiger partial charge in [0, 0.05) is 28.9 Å². The van der Waals surface area contributed by atoms with Crippen molar-refractivity contribution in [1.82, 2.24) is 0 Å². The van der Waals surface area contributed by atoms with Gasteiger partial charge < -0.3 is 11.1 Å². The molecule has 1 aromatic carbocycles. The lowest BCUT2D eigenvalue weighted by Gasteiger charge is -2.15. The van der Waals surface area contributed by atoms with E-state index in [9.17, 15) is 0 Å². The molecule has 0 amide bonds. The Bertz CT molecular complexity index is 312. The first kappa shape index (κ1) is 12.1. The molecule has 2 nitrogen and oxygen atoms in total. The first-order valence-corrected chi connectivity index (χ1v) is 6.05. The van der Waals surface area contributed by atoms with E-state index in [1.165, 1.54) is 4.90 Å². The summed E-state index contributed by atoms with van der Waals surface area (Å²) in [5, 5.41) is 3.39. The third-order valence-corrected chi connectivity index (χ3v) is 3.07. The fraction of sp³-hybridized carbons (Fsp3) is 0.333. The van der Waals surface area contributed by atoms with Gasteiger partial charge in [0.1, 0.15) is 0 Å². The monoisotopic (exact) mass is 222 g/mol. The fourth-order valence-corrected chi connectivity index (χ4v) is 1.94. The third-order valence-electron chi connectivity index (χ3n) is 2.00.